The molecule has 0 saturated carbocycles. The van der Waals surface area contributed by atoms with Crippen LogP contribution in [-0.4, -0.2) is 35.2 Å². The first-order valence-corrected chi connectivity index (χ1v) is 6.27. The summed E-state index contributed by atoms with van der Waals surface area (Å²) in [5, 5.41) is 2.22. The number of carbonyl (C=O) groups excluding carboxylic acids is 3. The van der Waals surface area contributed by atoms with E-state index < -0.39 is 17.9 Å². The van der Waals surface area contributed by atoms with E-state index in [4.69, 9.17) is 0 Å². The van der Waals surface area contributed by atoms with Gasteiger partial charge in [0.15, 0.2) is 0 Å². The van der Waals surface area contributed by atoms with Crippen LogP contribution in [0.3, 0.4) is 0 Å². The summed E-state index contributed by atoms with van der Waals surface area (Å²) < 4.78 is 0. The first-order chi connectivity index (χ1) is 9.04. The van der Waals surface area contributed by atoms with E-state index in [1.165, 1.54) is 4.90 Å². The van der Waals surface area contributed by atoms with Crippen LogP contribution >= 0.6 is 0 Å². The monoisotopic (exact) mass is 260 g/mol. The van der Waals surface area contributed by atoms with Gasteiger partial charge in [-0.05, 0) is 25.0 Å². The molecule has 0 bridgehead atoms. The average Bonchev–Trinajstić information content (AvgIpc) is 2.42. The minimum absolute atomic E-state index is 0.0796. The highest BCUT2D eigenvalue weighted by Gasteiger charge is 2.34. The first kappa shape index (κ1) is 13.3. The predicted molar refractivity (Wildman–Crippen MR) is 69.5 cm³/mol. The minimum Gasteiger partial charge on any atom is -0.318 e. The van der Waals surface area contributed by atoms with Crippen LogP contribution in [0.1, 0.15) is 29.8 Å². The van der Waals surface area contributed by atoms with Crippen LogP contribution in [0.25, 0.3) is 0 Å². The fourth-order valence-electron chi connectivity index (χ4n) is 2.15. The van der Waals surface area contributed by atoms with E-state index in [2.05, 4.69) is 5.32 Å². The Balaban J connectivity index is 2.32. The van der Waals surface area contributed by atoms with Crippen molar-refractivity contribution in [2.24, 2.45) is 0 Å². The van der Waals surface area contributed by atoms with E-state index >= 15 is 0 Å². The van der Waals surface area contributed by atoms with Crippen molar-refractivity contribution in [3.05, 3.63) is 35.4 Å². The molecule has 2 rings (SSSR count). The number of rotatable bonds is 2. The molecule has 0 aliphatic carbocycles. The Morgan fingerprint density at radius 1 is 1.37 bits per heavy atom. The Morgan fingerprint density at radius 2 is 2.05 bits per heavy atom. The van der Waals surface area contributed by atoms with Crippen molar-refractivity contribution in [2.75, 3.05) is 6.54 Å². The molecule has 5 nitrogen and oxygen atoms in total. The lowest BCUT2D eigenvalue weighted by Gasteiger charge is -2.32. The summed E-state index contributed by atoms with van der Waals surface area (Å²) in [5.74, 6) is -1.14. The van der Waals surface area contributed by atoms with Crippen molar-refractivity contribution >= 4 is 17.7 Å². The summed E-state index contributed by atoms with van der Waals surface area (Å²) in [7, 11) is 0. The van der Waals surface area contributed by atoms with Gasteiger partial charge in [0.2, 0.25) is 11.8 Å². The molecule has 100 valence electrons. The SMILES string of the molecule is CCc1ccccc1C(=O)N1CC(=O)NC(=O)C1C. The molecule has 1 aliphatic heterocycles. The van der Waals surface area contributed by atoms with Crippen LogP contribution in [-0.2, 0) is 16.0 Å². The van der Waals surface area contributed by atoms with E-state index in [1.54, 1.807) is 19.1 Å². The molecule has 1 N–H and O–H groups in total. The topological polar surface area (TPSA) is 66.5 Å². The number of amides is 3. The van der Waals surface area contributed by atoms with Crippen molar-refractivity contribution in [3.8, 4) is 0 Å². The molecule has 5 heteroatoms. The molecule has 1 aliphatic rings. The van der Waals surface area contributed by atoms with Gasteiger partial charge in [-0.25, -0.2) is 0 Å². The van der Waals surface area contributed by atoms with Crippen LogP contribution < -0.4 is 5.32 Å². The van der Waals surface area contributed by atoms with Gasteiger partial charge in [-0.15, -0.1) is 0 Å². The van der Waals surface area contributed by atoms with Gasteiger partial charge < -0.3 is 4.90 Å². The van der Waals surface area contributed by atoms with Crippen molar-refractivity contribution in [1.29, 1.82) is 0 Å². The summed E-state index contributed by atoms with van der Waals surface area (Å²) in [5.41, 5.74) is 1.47. The number of imide groups is 1. The molecule has 1 heterocycles. The highest BCUT2D eigenvalue weighted by molar-refractivity contribution is 6.07. The lowest BCUT2D eigenvalue weighted by molar-refractivity contribution is -0.138. The minimum atomic E-state index is -0.630. The molecule has 0 aromatic heterocycles. The van der Waals surface area contributed by atoms with Gasteiger partial charge in [0.05, 0.1) is 0 Å². The van der Waals surface area contributed by atoms with Gasteiger partial charge in [0, 0.05) is 5.56 Å². The molecule has 1 saturated heterocycles. The number of nitrogens with one attached hydrogen (secondary N) is 1. The molecule has 19 heavy (non-hydrogen) atoms. The number of nitrogens with zero attached hydrogens (tertiary/aromatic N) is 1. The average molecular weight is 260 g/mol. The van der Waals surface area contributed by atoms with E-state index in [0.717, 1.165) is 12.0 Å². The zero-order valence-corrected chi connectivity index (χ0v) is 11.0. The first-order valence-electron chi connectivity index (χ1n) is 6.27. The van der Waals surface area contributed by atoms with Gasteiger partial charge in [-0.1, -0.05) is 25.1 Å². The summed E-state index contributed by atoms with van der Waals surface area (Å²) in [6.07, 6.45) is 0.726. The zero-order chi connectivity index (χ0) is 14.0. The zero-order valence-electron chi connectivity index (χ0n) is 11.0. The molecule has 0 radical (unpaired) electrons. The largest absolute Gasteiger partial charge is 0.318 e. The van der Waals surface area contributed by atoms with Crippen LogP contribution in [0, 0.1) is 0 Å². The maximum atomic E-state index is 12.5. The van der Waals surface area contributed by atoms with Crippen molar-refractivity contribution in [3.63, 3.8) is 0 Å². The fourth-order valence-corrected chi connectivity index (χ4v) is 2.15. The second-order valence-corrected chi connectivity index (χ2v) is 4.53. The number of aryl methyl sites for hydroxylation is 1. The number of carbonyl (C=O) groups is 3. The molecule has 1 aromatic carbocycles. The number of piperazine rings is 1. The Labute approximate surface area is 111 Å². The maximum absolute atomic E-state index is 12.5. The van der Waals surface area contributed by atoms with Crippen molar-refractivity contribution in [2.45, 2.75) is 26.3 Å². The summed E-state index contributed by atoms with van der Waals surface area (Å²) in [4.78, 5) is 36.8. The fraction of sp³-hybridized carbons (Fsp3) is 0.357. The summed E-state index contributed by atoms with van der Waals surface area (Å²) in [6, 6.07) is 6.63. The molecule has 1 atom stereocenters. The van der Waals surface area contributed by atoms with E-state index in [9.17, 15) is 14.4 Å². The van der Waals surface area contributed by atoms with Gasteiger partial charge in [-0.2, -0.15) is 0 Å². The Kier molecular flexibility index (Phi) is 3.64. The van der Waals surface area contributed by atoms with Gasteiger partial charge in [0.25, 0.3) is 5.91 Å². The van der Waals surface area contributed by atoms with Gasteiger partial charge >= 0.3 is 0 Å². The van der Waals surface area contributed by atoms with Crippen molar-refractivity contribution in [1.82, 2.24) is 10.2 Å². The third-order valence-electron chi connectivity index (χ3n) is 3.31. The normalized spacial score (nSPS) is 19.3. The molecule has 1 unspecified atom stereocenters. The van der Waals surface area contributed by atoms with Crippen molar-refractivity contribution < 1.29 is 14.4 Å². The van der Waals surface area contributed by atoms with Gasteiger partial charge in [0.1, 0.15) is 12.6 Å². The smallest absolute Gasteiger partial charge is 0.255 e. The number of hydrogen-bond acceptors (Lipinski definition) is 3. The van der Waals surface area contributed by atoms with Crippen LogP contribution in [0.5, 0.6) is 0 Å². The molecule has 0 spiro atoms. The third kappa shape index (κ3) is 2.50. The number of benzene rings is 1. The van der Waals surface area contributed by atoms with Crippen LogP contribution in [0.4, 0.5) is 0 Å². The summed E-state index contributed by atoms with van der Waals surface area (Å²) in [6.45, 7) is 3.50. The predicted octanol–water partition coefficient (Wildman–Crippen LogP) is 0.736. The highest BCUT2D eigenvalue weighted by atomic mass is 16.2. The third-order valence-corrected chi connectivity index (χ3v) is 3.31. The quantitative estimate of drug-likeness (QED) is 0.797. The number of hydrogen-bond donors (Lipinski definition) is 1. The standard InChI is InChI=1S/C14H16N2O3/c1-3-10-6-4-5-7-11(10)14(19)16-8-12(17)15-13(18)9(16)2/h4-7,9H,3,8H2,1-2H3,(H,15,17,18). The van der Waals surface area contributed by atoms with Crippen LogP contribution in [0.2, 0.25) is 0 Å². The Hall–Kier alpha value is -2.17. The van der Waals surface area contributed by atoms with E-state index in [1.807, 2.05) is 19.1 Å². The molecule has 1 aromatic rings. The molecule has 3 amide bonds. The van der Waals surface area contributed by atoms with Gasteiger partial charge in [-0.3, -0.25) is 19.7 Å². The lowest BCUT2D eigenvalue weighted by Crippen LogP contribution is -2.58. The summed E-state index contributed by atoms with van der Waals surface area (Å²) >= 11 is 0. The Morgan fingerprint density at radius 3 is 2.74 bits per heavy atom. The second-order valence-electron chi connectivity index (χ2n) is 4.53. The molecular weight excluding hydrogens is 244 g/mol. The molecule has 1 fully saturated rings. The maximum Gasteiger partial charge on any atom is 0.255 e. The van der Waals surface area contributed by atoms with Crippen LogP contribution in [0.15, 0.2) is 24.3 Å². The Bertz CT molecular complexity index is 539. The lowest BCUT2D eigenvalue weighted by atomic mass is 10.0. The highest BCUT2D eigenvalue weighted by Crippen LogP contribution is 2.15. The second kappa shape index (κ2) is 5.22. The van der Waals surface area contributed by atoms with E-state index in [0.29, 0.717) is 5.56 Å². The van der Waals surface area contributed by atoms with E-state index in [-0.39, 0.29) is 12.5 Å². The molecular formula is C14H16N2O3.